The van der Waals surface area contributed by atoms with E-state index in [1.54, 1.807) is 4.90 Å². The minimum Gasteiger partial charge on any atom is -0.342 e. The number of hydrogen-bond donors (Lipinski definition) is 1. The lowest BCUT2D eigenvalue weighted by Gasteiger charge is -2.20. The van der Waals surface area contributed by atoms with Gasteiger partial charge in [0.05, 0.1) is 0 Å². The molecule has 1 rings (SSSR count). The molecule has 3 heteroatoms. The lowest BCUT2D eigenvalue weighted by atomic mass is 10.1. The molecule has 0 spiro atoms. The van der Waals surface area contributed by atoms with Gasteiger partial charge in [-0.1, -0.05) is 12.2 Å². The third kappa shape index (κ3) is 2.84. The first-order valence-corrected chi connectivity index (χ1v) is 5.15. The molecule has 1 fully saturated rings. The van der Waals surface area contributed by atoms with E-state index in [4.69, 9.17) is 5.73 Å². The van der Waals surface area contributed by atoms with E-state index in [1.807, 2.05) is 14.0 Å². The van der Waals surface area contributed by atoms with Gasteiger partial charge in [-0.2, -0.15) is 0 Å². The Morgan fingerprint density at radius 1 is 1.57 bits per heavy atom. The molecule has 2 atom stereocenters. The smallest absolute Gasteiger partial charge is 0.225 e. The van der Waals surface area contributed by atoms with Crippen molar-refractivity contribution in [3.05, 3.63) is 12.2 Å². The van der Waals surface area contributed by atoms with E-state index in [0.29, 0.717) is 6.54 Å². The highest BCUT2D eigenvalue weighted by Crippen LogP contribution is 2.25. The maximum absolute atomic E-state index is 11.9. The first-order valence-electron chi connectivity index (χ1n) is 5.15. The molecular formula is C11H20N2O. The highest BCUT2D eigenvalue weighted by molar-refractivity contribution is 5.79. The molecule has 2 N–H and O–H groups in total. The standard InChI is InChI=1S/C11H20N2O/c1-8(2)7-13(3)11(14)9-4-5-10(12)6-9/h9-10H,1,4-7,12H2,2-3H3. The molecular weight excluding hydrogens is 176 g/mol. The Hall–Kier alpha value is -0.830. The third-order valence-electron chi connectivity index (χ3n) is 2.71. The summed E-state index contributed by atoms with van der Waals surface area (Å²) in [4.78, 5) is 13.6. The van der Waals surface area contributed by atoms with Gasteiger partial charge in [-0.3, -0.25) is 4.79 Å². The van der Waals surface area contributed by atoms with Crippen molar-refractivity contribution >= 4 is 5.91 Å². The summed E-state index contributed by atoms with van der Waals surface area (Å²) in [6.45, 7) is 6.39. The fraction of sp³-hybridized carbons (Fsp3) is 0.727. The van der Waals surface area contributed by atoms with Crippen LogP contribution in [0.3, 0.4) is 0 Å². The molecule has 0 radical (unpaired) electrons. The van der Waals surface area contributed by atoms with Crippen LogP contribution < -0.4 is 5.73 Å². The second-order valence-corrected chi connectivity index (χ2v) is 4.42. The normalized spacial score (nSPS) is 26.2. The number of nitrogens with zero attached hydrogens (tertiary/aromatic N) is 1. The fourth-order valence-electron chi connectivity index (χ4n) is 2.04. The van der Waals surface area contributed by atoms with E-state index in [1.165, 1.54) is 0 Å². The molecule has 2 unspecified atom stereocenters. The lowest BCUT2D eigenvalue weighted by Crippen LogP contribution is -2.33. The van der Waals surface area contributed by atoms with Crippen molar-refractivity contribution in [2.45, 2.75) is 32.2 Å². The topological polar surface area (TPSA) is 46.3 Å². The molecule has 0 aromatic rings. The number of hydrogen-bond acceptors (Lipinski definition) is 2. The van der Waals surface area contributed by atoms with E-state index in [0.717, 1.165) is 24.8 Å². The maximum atomic E-state index is 11.9. The Balaban J connectivity index is 2.44. The minimum absolute atomic E-state index is 0.148. The predicted molar refractivity (Wildman–Crippen MR) is 57.8 cm³/mol. The van der Waals surface area contributed by atoms with Crippen LogP contribution in [0.2, 0.25) is 0 Å². The molecule has 0 aromatic heterocycles. The van der Waals surface area contributed by atoms with Gasteiger partial charge in [0, 0.05) is 25.6 Å². The average Bonchev–Trinajstić information content (AvgIpc) is 2.49. The maximum Gasteiger partial charge on any atom is 0.225 e. The second-order valence-electron chi connectivity index (χ2n) is 4.42. The largest absolute Gasteiger partial charge is 0.342 e. The van der Waals surface area contributed by atoms with Gasteiger partial charge in [-0.15, -0.1) is 0 Å². The molecule has 0 bridgehead atoms. The molecule has 3 nitrogen and oxygen atoms in total. The third-order valence-corrected chi connectivity index (χ3v) is 2.71. The quantitative estimate of drug-likeness (QED) is 0.688. The van der Waals surface area contributed by atoms with Gasteiger partial charge in [0.1, 0.15) is 0 Å². The van der Waals surface area contributed by atoms with Gasteiger partial charge in [0.15, 0.2) is 0 Å². The number of rotatable bonds is 3. The summed E-state index contributed by atoms with van der Waals surface area (Å²) in [6, 6.07) is 0.224. The molecule has 0 aromatic carbocycles. The molecule has 0 aliphatic heterocycles. The van der Waals surface area contributed by atoms with Crippen LogP contribution in [-0.2, 0) is 4.79 Å². The van der Waals surface area contributed by atoms with Crippen molar-refractivity contribution in [1.29, 1.82) is 0 Å². The highest BCUT2D eigenvalue weighted by atomic mass is 16.2. The number of amides is 1. The summed E-state index contributed by atoms with van der Waals surface area (Å²) in [5.41, 5.74) is 6.79. The average molecular weight is 196 g/mol. The molecule has 14 heavy (non-hydrogen) atoms. The van der Waals surface area contributed by atoms with Gasteiger partial charge < -0.3 is 10.6 Å². The number of nitrogens with two attached hydrogens (primary N) is 1. The zero-order valence-electron chi connectivity index (χ0n) is 9.12. The van der Waals surface area contributed by atoms with Gasteiger partial charge >= 0.3 is 0 Å². The van der Waals surface area contributed by atoms with Crippen LogP contribution in [0.5, 0.6) is 0 Å². The Bertz CT molecular complexity index is 237. The number of likely N-dealkylation sites (N-methyl/N-ethyl adjacent to an activating group) is 1. The molecule has 1 aliphatic carbocycles. The second kappa shape index (κ2) is 4.60. The molecule has 0 saturated heterocycles. The van der Waals surface area contributed by atoms with E-state index < -0.39 is 0 Å². The van der Waals surface area contributed by atoms with E-state index in [9.17, 15) is 4.79 Å². The zero-order chi connectivity index (χ0) is 10.7. The molecule has 1 amide bonds. The summed E-state index contributed by atoms with van der Waals surface area (Å²) >= 11 is 0. The van der Waals surface area contributed by atoms with Crippen LogP contribution in [0.15, 0.2) is 12.2 Å². The van der Waals surface area contributed by atoms with Crippen molar-refractivity contribution in [3.8, 4) is 0 Å². The van der Waals surface area contributed by atoms with Crippen molar-refractivity contribution < 1.29 is 4.79 Å². The predicted octanol–water partition coefficient (Wildman–Crippen LogP) is 1.15. The number of carbonyl (C=O) groups is 1. The van der Waals surface area contributed by atoms with Gasteiger partial charge in [0.2, 0.25) is 5.91 Å². The Morgan fingerprint density at radius 2 is 2.21 bits per heavy atom. The van der Waals surface area contributed by atoms with E-state index in [2.05, 4.69) is 6.58 Å². The Kier molecular flexibility index (Phi) is 3.69. The molecule has 1 saturated carbocycles. The summed E-state index contributed by atoms with van der Waals surface area (Å²) in [6.07, 6.45) is 2.78. The van der Waals surface area contributed by atoms with Crippen molar-refractivity contribution in [2.75, 3.05) is 13.6 Å². The van der Waals surface area contributed by atoms with E-state index in [-0.39, 0.29) is 17.9 Å². The summed E-state index contributed by atoms with van der Waals surface area (Å²) in [7, 11) is 1.83. The van der Waals surface area contributed by atoms with Gasteiger partial charge in [-0.05, 0) is 26.2 Å². The first kappa shape index (κ1) is 11.2. The van der Waals surface area contributed by atoms with Crippen molar-refractivity contribution in [1.82, 2.24) is 4.90 Å². The summed E-state index contributed by atoms with van der Waals surface area (Å²) < 4.78 is 0. The molecule has 0 heterocycles. The zero-order valence-corrected chi connectivity index (χ0v) is 9.12. The van der Waals surface area contributed by atoms with Crippen molar-refractivity contribution in [2.24, 2.45) is 11.7 Å². The fourth-order valence-corrected chi connectivity index (χ4v) is 2.04. The minimum atomic E-state index is 0.148. The summed E-state index contributed by atoms with van der Waals surface area (Å²) in [5, 5.41) is 0. The first-order chi connectivity index (χ1) is 6.50. The highest BCUT2D eigenvalue weighted by Gasteiger charge is 2.29. The SMILES string of the molecule is C=C(C)CN(C)C(=O)C1CCC(N)C1. The van der Waals surface area contributed by atoms with Crippen molar-refractivity contribution in [3.63, 3.8) is 0 Å². The molecule has 80 valence electrons. The Morgan fingerprint density at radius 3 is 2.64 bits per heavy atom. The Labute approximate surface area is 86.0 Å². The van der Waals surface area contributed by atoms with Crippen LogP contribution in [-0.4, -0.2) is 30.4 Å². The molecule has 1 aliphatic rings. The van der Waals surface area contributed by atoms with Gasteiger partial charge in [0.25, 0.3) is 0 Å². The summed E-state index contributed by atoms with van der Waals surface area (Å²) in [5.74, 6) is 0.371. The van der Waals surface area contributed by atoms with Crippen LogP contribution in [0, 0.1) is 5.92 Å². The van der Waals surface area contributed by atoms with Crippen LogP contribution in [0.4, 0.5) is 0 Å². The lowest BCUT2D eigenvalue weighted by molar-refractivity contribution is -0.133. The van der Waals surface area contributed by atoms with Gasteiger partial charge in [-0.25, -0.2) is 0 Å². The van der Waals surface area contributed by atoms with Crippen LogP contribution in [0.1, 0.15) is 26.2 Å². The van der Waals surface area contributed by atoms with E-state index >= 15 is 0 Å². The van der Waals surface area contributed by atoms with Crippen LogP contribution in [0.25, 0.3) is 0 Å². The monoisotopic (exact) mass is 196 g/mol. The van der Waals surface area contributed by atoms with Crippen LogP contribution >= 0.6 is 0 Å². The number of carbonyl (C=O) groups excluding carboxylic acids is 1.